The van der Waals surface area contributed by atoms with Crippen molar-refractivity contribution in [3.8, 4) is 11.5 Å². The second kappa shape index (κ2) is 16.6. The lowest BCUT2D eigenvalue weighted by Gasteiger charge is -2.08. The number of aromatic hydroxyl groups is 1. The topological polar surface area (TPSA) is 62.0 Å². The van der Waals surface area contributed by atoms with Crippen molar-refractivity contribution < 1.29 is 14.9 Å². The Hall–Kier alpha value is -1.55. The number of phenolic OH excluding ortho intramolecular Hbond substituents is 1. The summed E-state index contributed by atoms with van der Waals surface area (Å²) >= 11 is 0. The highest BCUT2D eigenvalue weighted by atomic mass is 16.5. The first-order valence-corrected chi connectivity index (χ1v) is 10.8. The van der Waals surface area contributed by atoms with Crippen LogP contribution in [0.25, 0.3) is 0 Å². The van der Waals surface area contributed by atoms with Gasteiger partial charge in [0.15, 0.2) is 0 Å². The van der Waals surface area contributed by atoms with E-state index < -0.39 is 0 Å². The molecule has 1 rings (SSSR count). The van der Waals surface area contributed by atoms with Gasteiger partial charge in [0.05, 0.1) is 19.8 Å². The van der Waals surface area contributed by atoms with E-state index in [1.54, 1.807) is 18.3 Å². The lowest BCUT2D eigenvalue weighted by atomic mass is 10.1. The Kier molecular flexibility index (Phi) is 14.5. The van der Waals surface area contributed by atoms with Gasteiger partial charge < -0.3 is 14.9 Å². The molecule has 0 aliphatic rings. The molecule has 0 saturated heterocycles. The summed E-state index contributed by atoms with van der Waals surface area (Å²) in [5.41, 5.74) is 0.640. The van der Waals surface area contributed by atoms with Crippen LogP contribution in [0.2, 0.25) is 0 Å². The van der Waals surface area contributed by atoms with Gasteiger partial charge in [-0.1, -0.05) is 77.6 Å². The van der Waals surface area contributed by atoms with Crippen molar-refractivity contribution in [2.24, 2.45) is 4.99 Å². The van der Waals surface area contributed by atoms with Gasteiger partial charge in [0.2, 0.25) is 0 Å². The van der Waals surface area contributed by atoms with E-state index in [-0.39, 0.29) is 12.4 Å². The molecule has 0 spiro atoms. The van der Waals surface area contributed by atoms with E-state index in [2.05, 4.69) is 11.9 Å². The standard InChI is InChI=1S/C23H39NO3/c1-2-3-4-5-6-7-8-9-10-11-12-13-18-27-22-15-14-21(23(26)19-22)20-24-16-17-25/h14-15,19-20,25-26H,2-13,16-18H2,1H3. The first kappa shape index (κ1) is 23.5. The van der Waals surface area contributed by atoms with Gasteiger partial charge in [-0.3, -0.25) is 4.99 Å². The predicted molar refractivity (Wildman–Crippen MR) is 114 cm³/mol. The molecule has 0 aliphatic carbocycles. The Balaban J connectivity index is 2.00. The highest BCUT2D eigenvalue weighted by molar-refractivity contribution is 5.83. The molecule has 1 aromatic carbocycles. The van der Waals surface area contributed by atoms with Crippen molar-refractivity contribution in [1.29, 1.82) is 0 Å². The van der Waals surface area contributed by atoms with Gasteiger partial charge in [0.1, 0.15) is 11.5 Å². The molecule has 154 valence electrons. The lowest BCUT2D eigenvalue weighted by molar-refractivity contribution is 0.302. The Labute approximate surface area is 165 Å². The molecule has 0 bridgehead atoms. The summed E-state index contributed by atoms with van der Waals surface area (Å²) in [5, 5.41) is 18.7. The van der Waals surface area contributed by atoms with Crippen molar-refractivity contribution in [1.82, 2.24) is 0 Å². The van der Waals surface area contributed by atoms with Crippen molar-refractivity contribution in [2.75, 3.05) is 19.8 Å². The van der Waals surface area contributed by atoms with E-state index >= 15 is 0 Å². The number of hydrogen-bond acceptors (Lipinski definition) is 4. The number of benzene rings is 1. The van der Waals surface area contributed by atoms with E-state index in [9.17, 15) is 5.11 Å². The van der Waals surface area contributed by atoms with Gasteiger partial charge in [0, 0.05) is 17.8 Å². The van der Waals surface area contributed by atoms with Gasteiger partial charge >= 0.3 is 0 Å². The number of phenols is 1. The van der Waals surface area contributed by atoms with Crippen LogP contribution in [0.3, 0.4) is 0 Å². The SMILES string of the molecule is CCCCCCCCCCCCCCOc1ccc(C=NCCO)c(O)c1. The highest BCUT2D eigenvalue weighted by Gasteiger charge is 2.01. The highest BCUT2D eigenvalue weighted by Crippen LogP contribution is 2.22. The average Bonchev–Trinajstić information content (AvgIpc) is 2.67. The van der Waals surface area contributed by atoms with Crippen LogP contribution in [0.4, 0.5) is 0 Å². The Morgan fingerprint density at radius 2 is 1.48 bits per heavy atom. The number of nitrogens with zero attached hydrogens (tertiary/aromatic N) is 1. The molecular weight excluding hydrogens is 338 g/mol. The van der Waals surface area contributed by atoms with E-state index in [0.29, 0.717) is 24.5 Å². The average molecular weight is 378 g/mol. The van der Waals surface area contributed by atoms with E-state index in [1.807, 2.05) is 6.07 Å². The maximum atomic E-state index is 9.96. The van der Waals surface area contributed by atoms with Gasteiger partial charge in [-0.2, -0.15) is 0 Å². The number of aliphatic hydroxyl groups excluding tert-OH is 1. The molecule has 27 heavy (non-hydrogen) atoms. The minimum Gasteiger partial charge on any atom is -0.507 e. The van der Waals surface area contributed by atoms with Crippen LogP contribution in [0, 0.1) is 0 Å². The second-order valence-corrected chi connectivity index (χ2v) is 7.22. The molecule has 0 radical (unpaired) electrons. The summed E-state index contributed by atoms with van der Waals surface area (Å²) in [6.07, 6.45) is 17.5. The van der Waals surface area contributed by atoms with E-state index in [1.165, 1.54) is 70.6 Å². The van der Waals surface area contributed by atoms with Crippen molar-refractivity contribution in [2.45, 2.75) is 84.0 Å². The summed E-state index contributed by atoms with van der Waals surface area (Å²) in [7, 11) is 0. The summed E-state index contributed by atoms with van der Waals surface area (Å²) in [6, 6.07) is 5.26. The van der Waals surface area contributed by atoms with E-state index in [4.69, 9.17) is 9.84 Å². The van der Waals surface area contributed by atoms with Crippen molar-refractivity contribution in [3.63, 3.8) is 0 Å². The molecule has 0 fully saturated rings. The fourth-order valence-electron chi connectivity index (χ4n) is 3.08. The third-order valence-corrected chi connectivity index (χ3v) is 4.73. The zero-order chi connectivity index (χ0) is 19.6. The number of hydrogen-bond donors (Lipinski definition) is 2. The van der Waals surface area contributed by atoms with Crippen molar-refractivity contribution >= 4 is 6.21 Å². The number of ether oxygens (including phenoxy) is 1. The smallest absolute Gasteiger partial charge is 0.128 e. The number of aliphatic hydroxyl groups is 1. The van der Waals surface area contributed by atoms with E-state index in [0.717, 1.165) is 6.42 Å². The minimum absolute atomic E-state index is 0.0114. The molecule has 0 aliphatic heterocycles. The molecule has 2 N–H and O–H groups in total. The third kappa shape index (κ3) is 12.5. The van der Waals surface area contributed by atoms with Crippen LogP contribution >= 0.6 is 0 Å². The van der Waals surface area contributed by atoms with Gasteiger partial charge in [-0.25, -0.2) is 0 Å². The molecule has 0 atom stereocenters. The summed E-state index contributed by atoms with van der Waals surface area (Å²) < 4.78 is 5.71. The number of unbranched alkanes of at least 4 members (excludes halogenated alkanes) is 11. The first-order chi connectivity index (χ1) is 13.3. The maximum absolute atomic E-state index is 9.96. The molecule has 4 nitrogen and oxygen atoms in total. The Morgan fingerprint density at radius 3 is 2.04 bits per heavy atom. The van der Waals surface area contributed by atoms with Crippen LogP contribution in [0.1, 0.15) is 89.5 Å². The fourth-order valence-corrected chi connectivity index (χ4v) is 3.08. The summed E-state index contributed by atoms with van der Waals surface area (Å²) in [5.74, 6) is 0.846. The second-order valence-electron chi connectivity index (χ2n) is 7.22. The van der Waals surface area contributed by atoms with Crippen LogP contribution in [-0.2, 0) is 0 Å². The van der Waals surface area contributed by atoms with Crippen LogP contribution in [-0.4, -0.2) is 36.2 Å². The normalized spacial score (nSPS) is 11.3. The fraction of sp³-hybridized carbons (Fsp3) is 0.696. The van der Waals surface area contributed by atoms with Crippen LogP contribution < -0.4 is 4.74 Å². The van der Waals surface area contributed by atoms with Gasteiger partial charge in [-0.15, -0.1) is 0 Å². The monoisotopic (exact) mass is 377 g/mol. The largest absolute Gasteiger partial charge is 0.507 e. The maximum Gasteiger partial charge on any atom is 0.128 e. The van der Waals surface area contributed by atoms with Crippen LogP contribution in [0.15, 0.2) is 23.2 Å². The zero-order valence-corrected chi connectivity index (χ0v) is 17.2. The molecule has 0 aromatic heterocycles. The molecule has 4 heteroatoms. The van der Waals surface area contributed by atoms with Gasteiger partial charge in [-0.05, 0) is 18.6 Å². The molecule has 1 aromatic rings. The summed E-state index contributed by atoms with van der Waals surface area (Å²) in [4.78, 5) is 4.01. The molecule has 0 amide bonds. The Bertz CT molecular complexity index is 502. The lowest BCUT2D eigenvalue weighted by Crippen LogP contribution is -1.98. The third-order valence-electron chi connectivity index (χ3n) is 4.73. The quantitative estimate of drug-likeness (QED) is 0.263. The minimum atomic E-state index is 0.0114. The molecular formula is C23H39NO3. The Morgan fingerprint density at radius 1 is 0.889 bits per heavy atom. The van der Waals surface area contributed by atoms with Gasteiger partial charge in [0.25, 0.3) is 0 Å². The molecule has 0 heterocycles. The van der Waals surface area contributed by atoms with Crippen molar-refractivity contribution in [3.05, 3.63) is 23.8 Å². The number of rotatable bonds is 17. The number of aliphatic imine (C=N–C) groups is 1. The molecule has 0 saturated carbocycles. The first-order valence-electron chi connectivity index (χ1n) is 10.8. The van der Waals surface area contributed by atoms with Crippen LogP contribution in [0.5, 0.6) is 11.5 Å². The zero-order valence-electron chi connectivity index (χ0n) is 17.2. The predicted octanol–water partition coefficient (Wildman–Crippen LogP) is 5.88. The summed E-state index contributed by atoms with van der Waals surface area (Å²) in [6.45, 7) is 3.31. The molecule has 0 unspecified atom stereocenters.